The summed E-state index contributed by atoms with van der Waals surface area (Å²) in [5.74, 6) is 0.735. The molecule has 1 fully saturated rings. The number of benzene rings is 1. The Bertz CT molecular complexity index is 474. The third-order valence-electron chi connectivity index (χ3n) is 3.69. The molecule has 1 aliphatic heterocycles. The minimum atomic E-state index is -0.0236. The van der Waals surface area contributed by atoms with Crippen molar-refractivity contribution >= 4 is 11.6 Å². The largest absolute Gasteiger partial charge is 0.489 e. The van der Waals surface area contributed by atoms with E-state index in [0.29, 0.717) is 17.7 Å². The van der Waals surface area contributed by atoms with Gasteiger partial charge in [-0.1, -0.05) is 31.5 Å². The molecule has 0 bridgehead atoms. The van der Waals surface area contributed by atoms with Crippen LogP contribution in [0.25, 0.3) is 0 Å². The fourth-order valence-corrected chi connectivity index (χ4v) is 2.73. The highest BCUT2D eigenvalue weighted by atomic mass is 35.5. The summed E-state index contributed by atoms with van der Waals surface area (Å²) in [6.45, 7) is 9.88. The lowest BCUT2D eigenvalue weighted by Crippen LogP contribution is -2.24. The number of halogens is 1. The molecule has 21 heavy (non-hydrogen) atoms. The fourth-order valence-electron chi connectivity index (χ4n) is 2.47. The zero-order valence-corrected chi connectivity index (χ0v) is 14.2. The van der Waals surface area contributed by atoms with Crippen LogP contribution >= 0.6 is 11.6 Å². The zero-order valence-electron chi connectivity index (χ0n) is 13.4. The van der Waals surface area contributed by atoms with Gasteiger partial charge in [-0.05, 0) is 44.4 Å². The lowest BCUT2D eigenvalue weighted by molar-refractivity contribution is -0.0326. The van der Waals surface area contributed by atoms with Crippen LogP contribution in [0.15, 0.2) is 18.2 Å². The number of nitrogens with one attached hydrogen (secondary N) is 1. The first-order valence-corrected chi connectivity index (χ1v) is 8.06. The van der Waals surface area contributed by atoms with Gasteiger partial charge in [-0.15, -0.1) is 0 Å². The predicted octanol–water partition coefficient (Wildman–Crippen LogP) is 4.17. The highest BCUT2D eigenvalue weighted by Gasteiger charge is 2.31. The summed E-state index contributed by atoms with van der Waals surface area (Å²) in [5.41, 5.74) is 1.14. The average molecular weight is 312 g/mol. The highest BCUT2D eigenvalue weighted by molar-refractivity contribution is 6.32. The van der Waals surface area contributed by atoms with Crippen LogP contribution in [-0.4, -0.2) is 24.4 Å². The molecule has 0 saturated carbocycles. The van der Waals surface area contributed by atoms with Crippen LogP contribution in [0, 0.1) is 0 Å². The van der Waals surface area contributed by atoms with Gasteiger partial charge in [0.1, 0.15) is 12.4 Å². The molecule has 1 aromatic carbocycles. The molecule has 1 N–H and O–H groups in total. The first-order valence-electron chi connectivity index (χ1n) is 7.68. The third-order valence-corrected chi connectivity index (χ3v) is 3.98. The van der Waals surface area contributed by atoms with E-state index < -0.39 is 0 Å². The van der Waals surface area contributed by atoms with E-state index in [9.17, 15) is 0 Å². The van der Waals surface area contributed by atoms with Gasteiger partial charge in [0, 0.05) is 12.6 Å². The van der Waals surface area contributed by atoms with Gasteiger partial charge in [-0.25, -0.2) is 0 Å². The number of hydrogen-bond donors (Lipinski definition) is 1. The third kappa shape index (κ3) is 5.17. The zero-order chi connectivity index (χ0) is 15.5. The van der Waals surface area contributed by atoms with Crippen molar-refractivity contribution in [2.75, 3.05) is 6.61 Å². The van der Waals surface area contributed by atoms with E-state index in [4.69, 9.17) is 21.1 Å². The normalized spacial score (nSPS) is 21.0. The van der Waals surface area contributed by atoms with E-state index in [0.717, 1.165) is 25.1 Å². The van der Waals surface area contributed by atoms with Crippen molar-refractivity contribution in [2.45, 2.75) is 64.8 Å². The lowest BCUT2D eigenvalue weighted by Gasteiger charge is -2.19. The Morgan fingerprint density at radius 1 is 1.43 bits per heavy atom. The molecule has 0 aromatic heterocycles. The summed E-state index contributed by atoms with van der Waals surface area (Å²) in [6, 6.07) is 6.42. The van der Waals surface area contributed by atoms with Crippen molar-refractivity contribution in [3.63, 3.8) is 0 Å². The summed E-state index contributed by atoms with van der Waals surface area (Å²) in [5, 5.41) is 4.04. The highest BCUT2D eigenvalue weighted by Crippen LogP contribution is 2.31. The predicted molar refractivity (Wildman–Crippen MR) is 87.1 cm³/mol. The van der Waals surface area contributed by atoms with Crippen molar-refractivity contribution in [1.82, 2.24) is 5.32 Å². The molecule has 0 radical (unpaired) electrons. The SMILES string of the molecule is CC(C)NCc1ccc(OCC2CCC(C)(C)O2)c(Cl)c1. The second-order valence-electron chi connectivity index (χ2n) is 6.65. The number of hydrogen-bond acceptors (Lipinski definition) is 3. The summed E-state index contributed by atoms with van der Waals surface area (Å²) in [4.78, 5) is 0. The Labute approximate surface area is 133 Å². The van der Waals surface area contributed by atoms with Gasteiger partial charge >= 0.3 is 0 Å². The average Bonchev–Trinajstić information content (AvgIpc) is 2.75. The standard InChI is InChI=1S/C17H26ClNO2/c1-12(2)19-10-13-5-6-16(15(18)9-13)20-11-14-7-8-17(3,4)21-14/h5-6,9,12,14,19H,7-8,10-11H2,1-4H3. The van der Waals surface area contributed by atoms with E-state index >= 15 is 0 Å². The molecule has 1 saturated heterocycles. The second kappa shape index (κ2) is 6.99. The van der Waals surface area contributed by atoms with Crippen LogP contribution in [0.3, 0.4) is 0 Å². The van der Waals surface area contributed by atoms with Crippen LogP contribution in [-0.2, 0) is 11.3 Å². The van der Waals surface area contributed by atoms with E-state index in [1.807, 2.05) is 12.1 Å². The number of rotatable bonds is 6. The van der Waals surface area contributed by atoms with Gasteiger partial charge in [0.15, 0.2) is 0 Å². The molecule has 1 aliphatic rings. The maximum Gasteiger partial charge on any atom is 0.138 e. The van der Waals surface area contributed by atoms with Crippen molar-refractivity contribution in [2.24, 2.45) is 0 Å². The second-order valence-corrected chi connectivity index (χ2v) is 7.06. The molecule has 118 valence electrons. The van der Waals surface area contributed by atoms with E-state index in [1.165, 1.54) is 5.56 Å². The Morgan fingerprint density at radius 2 is 2.19 bits per heavy atom. The molecule has 0 amide bonds. The monoisotopic (exact) mass is 311 g/mol. The van der Waals surface area contributed by atoms with E-state index in [2.05, 4.69) is 39.1 Å². The maximum absolute atomic E-state index is 6.29. The maximum atomic E-state index is 6.29. The minimum Gasteiger partial charge on any atom is -0.489 e. The fraction of sp³-hybridized carbons (Fsp3) is 0.647. The van der Waals surface area contributed by atoms with Gasteiger partial charge < -0.3 is 14.8 Å². The van der Waals surface area contributed by atoms with Gasteiger partial charge in [-0.3, -0.25) is 0 Å². The first kappa shape index (κ1) is 16.6. The first-order chi connectivity index (χ1) is 9.85. The van der Waals surface area contributed by atoms with Gasteiger partial charge in [0.05, 0.1) is 16.7 Å². The molecule has 0 spiro atoms. The van der Waals surface area contributed by atoms with Gasteiger partial charge in [0.2, 0.25) is 0 Å². The molecular formula is C17H26ClNO2. The Hall–Kier alpha value is -0.770. The molecule has 1 atom stereocenters. The molecule has 2 rings (SSSR count). The Kier molecular flexibility index (Phi) is 5.53. The quantitative estimate of drug-likeness (QED) is 0.855. The molecule has 0 aliphatic carbocycles. The van der Waals surface area contributed by atoms with Crippen LogP contribution in [0.4, 0.5) is 0 Å². The van der Waals surface area contributed by atoms with Crippen LogP contribution in [0.1, 0.15) is 46.1 Å². The molecule has 3 nitrogen and oxygen atoms in total. The summed E-state index contributed by atoms with van der Waals surface area (Å²) >= 11 is 6.29. The molecular weight excluding hydrogens is 286 g/mol. The molecule has 1 aromatic rings. The topological polar surface area (TPSA) is 30.5 Å². The molecule has 1 unspecified atom stereocenters. The Balaban J connectivity index is 1.86. The summed E-state index contributed by atoms with van der Waals surface area (Å²) in [6.07, 6.45) is 2.29. The van der Waals surface area contributed by atoms with E-state index in [1.54, 1.807) is 0 Å². The van der Waals surface area contributed by atoms with Gasteiger partial charge in [-0.2, -0.15) is 0 Å². The van der Waals surface area contributed by atoms with Crippen molar-refractivity contribution in [1.29, 1.82) is 0 Å². The van der Waals surface area contributed by atoms with Crippen molar-refractivity contribution in [3.8, 4) is 5.75 Å². The smallest absolute Gasteiger partial charge is 0.138 e. The van der Waals surface area contributed by atoms with Crippen LogP contribution < -0.4 is 10.1 Å². The van der Waals surface area contributed by atoms with Crippen molar-refractivity contribution < 1.29 is 9.47 Å². The van der Waals surface area contributed by atoms with Gasteiger partial charge in [0.25, 0.3) is 0 Å². The Morgan fingerprint density at radius 3 is 2.76 bits per heavy atom. The number of ether oxygens (including phenoxy) is 2. The van der Waals surface area contributed by atoms with Crippen LogP contribution in [0.5, 0.6) is 5.75 Å². The molecule has 4 heteroatoms. The molecule has 1 heterocycles. The summed E-state index contributed by atoms with van der Waals surface area (Å²) < 4.78 is 11.7. The summed E-state index contributed by atoms with van der Waals surface area (Å²) in [7, 11) is 0. The van der Waals surface area contributed by atoms with Crippen LogP contribution in [0.2, 0.25) is 5.02 Å². The van der Waals surface area contributed by atoms with E-state index in [-0.39, 0.29) is 11.7 Å². The minimum absolute atomic E-state index is 0.0236. The lowest BCUT2D eigenvalue weighted by atomic mass is 10.1. The van der Waals surface area contributed by atoms with Crippen molar-refractivity contribution in [3.05, 3.63) is 28.8 Å².